The predicted molar refractivity (Wildman–Crippen MR) is 108 cm³/mol. The number of carbonyl (C=O) groups is 1. The van der Waals surface area contributed by atoms with Crippen LogP contribution in [0.4, 0.5) is 18.9 Å². The smallest absolute Gasteiger partial charge is 0.418 e. The van der Waals surface area contributed by atoms with Crippen LogP contribution in [0.15, 0.2) is 36.4 Å². The normalized spacial score (nSPS) is 11.4. The molecule has 28 heavy (non-hydrogen) atoms. The number of anilines is 1. The zero-order valence-electron chi connectivity index (χ0n) is 15.5. The van der Waals surface area contributed by atoms with Crippen LogP contribution >= 0.6 is 23.4 Å². The molecule has 0 radical (unpaired) electrons. The molecule has 0 aromatic heterocycles. The van der Waals surface area contributed by atoms with E-state index in [1.54, 1.807) is 0 Å². The summed E-state index contributed by atoms with van der Waals surface area (Å²) < 4.78 is 44.8. The number of benzene rings is 2. The Kier molecular flexibility index (Phi) is 8.07. The van der Waals surface area contributed by atoms with Crippen molar-refractivity contribution < 1.29 is 22.7 Å². The zero-order chi connectivity index (χ0) is 20.7. The van der Waals surface area contributed by atoms with E-state index in [1.165, 1.54) is 23.9 Å². The Morgan fingerprint density at radius 1 is 1.21 bits per heavy atom. The van der Waals surface area contributed by atoms with E-state index in [4.69, 9.17) is 16.3 Å². The molecule has 2 aromatic rings. The van der Waals surface area contributed by atoms with Gasteiger partial charge in [-0.3, -0.25) is 4.79 Å². The van der Waals surface area contributed by atoms with E-state index in [2.05, 4.69) is 5.32 Å². The molecule has 0 bridgehead atoms. The number of thioether (sulfide) groups is 1. The number of ether oxygens (including phenoxy) is 1. The van der Waals surface area contributed by atoms with Crippen LogP contribution in [0.25, 0.3) is 0 Å². The van der Waals surface area contributed by atoms with Gasteiger partial charge in [0.1, 0.15) is 5.75 Å². The maximum Gasteiger partial charge on any atom is 0.418 e. The minimum absolute atomic E-state index is 0.0337. The van der Waals surface area contributed by atoms with E-state index in [9.17, 15) is 18.0 Å². The Balaban J connectivity index is 1.76. The van der Waals surface area contributed by atoms with Crippen LogP contribution in [-0.4, -0.2) is 24.0 Å². The minimum Gasteiger partial charge on any atom is -0.493 e. The molecule has 0 atom stereocenters. The summed E-state index contributed by atoms with van der Waals surface area (Å²) in [4.78, 5) is 12.0. The van der Waals surface area contributed by atoms with Crippen molar-refractivity contribution in [3.05, 3.63) is 58.1 Å². The molecule has 0 aliphatic rings. The average molecular weight is 432 g/mol. The number of hydrogen-bond acceptors (Lipinski definition) is 3. The van der Waals surface area contributed by atoms with Crippen LogP contribution in [0.2, 0.25) is 5.02 Å². The molecule has 0 heterocycles. The maximum absolute atomic E-state index is 13.0. The highest BCUT2D eigenvalue weighted by atomic mass is 35.5. The highest BCUT2D eigenvalue weighted by Gasteiger charge is 2.34. The SMILES string of the molecule is Cc1ccc(C)c(OCCCSCC(=O)Nc2c(Cl)cccc2C(F)(F)F)c1. The van der Waals surface area contributed by atoms with Crippen LogP contribution in [0.5, 0.6) is 5.75 Å². The summed E-state index contributed by atoms with van der Waals surface area (Å²) >= 11 is 7.15. The zero-order valence-corrected chi connectivity index (χ0v) is 17.1. The second-order valence-corrected chi connectivity index (χ2v) is 7.74. The molecule has 8 heteroatoms. The van der Waals surface area contributed by atoms with E-state index in [0.29, 0.717) is 18.8 Å². The van der Waals surface area contributed by atoms with Gasteiger partial charge in [0.05, 0.1) is 28.6 Å². The average Bonchev–Trinajstić information content (AvgIpc) is 2.61. The number of hydrogen-bond donors (Lipinski definition) is 1. The van der Waals surface area contributed by atoms with Gasteiger partial charge in [0.25, 0.3) is 0 Å². The largest absolute Gasteiger partial charge is 0.493 e. The topological polar surface area (TPSA) is 38.3 Å². The van der Waals surface area contributed by atoms with Gasteiger partial charge in [-0.15, -0.1) is 0 Å². The molecular formula is C20H21ClF3NO2S. The third-order valence-corrected chi connectivity index (χ3v) is 5.21. The summed E-state index contributed by atoms with van der Waals surface area (Å²) in [7, 11) is 0. The molecule has 1 amide bonds. The van der Waals surface area contributed by atoms with Crippen LogP contribution in [0.3, 0.4) is 0 Å². The summed E-state index contributed by atoms with van der Waals surface area (Å²) in [6, 6.07) is 9.38. The van der Waals surface area contributed by atoms with Gasteiger partial charge in [-0.1, -0.05) is 29.8 Å². The first-order valence-corrected chi connectivity index (χ1v) is 10.1. The standard InChI is InChI=1S/C20H21ClF3NO2S/c1-13-7-8-14(2)17(11-13)27-9-4-10-28-12-18(26)25-19-15(20(22,23)24)5-3-6-16(19)21/h3,5-8,11H,4,9-10,12H2,1-2H3,(H,25,26). The van der Waals surface area contributed by atoms with Crippen molar-refractivity contribution in [1.29, 1.82) is 0 Å². The van der Waals surface area contributed by atoms with Gasteiger partial charge >= 0.3 is 6.18 Å². The molecule has 0 fully saturated rings. The molecule has 0 aliphatic carbocycles. The third-order valence-electron chi connectivity index (χ3n) is 3.85. The number of halogens is 4. The molecule has 0 saturated heterocycles. The molecule has 0 spiro atoms. The van der Waals surface area contributed by atoms with Gasteiger partial charge in [0.15, 0.2) is 0 Å². The van der Waals surface area contributed by atoms with E-state index < -0.39 is 23.3 Å². The maximum atomic E-state index is 13.0. The van der Waals surface area contributed by atoms with Gasteiger partial charge < -0.3 is 10.1 Å². The van der Waals surface area contributed by atoms with E-state index >= 15 is 0 Å². The van der Waals surface area contributed by atoms with E-state index in [1.807, 2.05) is 32.0 Å². The van der Waals surface area contributed by atoms with Crippen molar-refractivity contribution in [2.75, 3.05) is 23.4 Å². The van der Waals surface area contributed by atoms with Crippen LogP contribution < -0.4 is 10.1 Å². The Hall–Kier alpha value is -1.86. The van der Waals surface area contributed by atoms with Crippen molar-refractivity contribution in [1.82, 2.24) is 0 Å². The fourth-order valence-electron chi connectivity index (χ4n) is 2.43. The van der Waals surface area contributed by atoms with Gasteiger partial charge in [-0.05, 0) is 55.3 Å². The quantitative estimate of drug-likeness (QED) is 0.512. The number of aryl methyl sites for hydroxylation is 2. The Morgan fingerprint density at radius 3 is 2.68 bits per heavy atom. The lowest BCUT2D eigenvalue weighted by atomic mass is 10.1. The summed E-state index contributed by atoms with van der Waals surface area (Å²) in [6.07, 6.45) is -3.88. The monoisotopic (exact) mass is 431 g/mol. The summed E-state index contributed by atoms with van der Waals surface area (Å²) in [5, 5.41) is 2.13. The first kappa shape index (κ1) is 22.4. The highest BCUT2D eigenvalue weighted by molar-refractivity contribution is 7.99. The Labute approximate surface area is 171 Å². The fourth-order valence-corrected chi connectivity index (χ4v) is 3.38. The minimum atomic E-state index is -4.59. The number of nitrogens with one attached hydrogen (secondary N) is 1. The van der Waals surface area contributed by atoms with Crippen molar-refractivity contribution in [3.63, 3.8) is 0 Å². The van der Waals surface area contributed by atoms with Gasteiger partial charge in [-0.2, -0.15) is 24.9 Å². The highest BCUT2D eigenvalue weighted by Crippen LogP contribution is 2.38. The molecule has 1 N–H and O–H groups in total. The summed E-state index contributed by atoms with van der Waals surface area (Å²) in [5.74, 6) is 0.985. The number of para-hydroxylation sites is 1. The van der Waals surface area contributed by atoms with Crippen molar-refractivity contribution >= 4 is 35.0 Å². The number of alkyl halides is 3. The molecule has 3 nitrogen and oxygen atoms in total. The molecule has 0 aliphatic heterocycles. The number of carbonyl (C=O) groups excluding carboxylic acids is 1. The third kappa shape index (κ3) is 6.63. The Bertz CT molecular complexity index is 828. The van der Waals surface area contributed by atoms with Crippen LogP contribution in [-0.2, 0) is 11.0 Å². The Morgan fingerprint density at radius 2 is 1.96 bits per heavy atom. The van der Waals surface area contributed by atoms with Crippen LogP contribution in [0, 0.1) is 13.8 Å². The lowest BCUT2D eigenvalue weighted by Gasteiger charge is -2.15. The predicted octanol–water partition coefficient (Wildman–Crippen LogP) is 6.12. The van der Waals surface area contributed by atoms with Crippen LogP contribution in [0.1, 0.15) is 23.1 Å². The lowest BCUT2D eigenvalue weighted by molar-refractivity contribution is -0.137. The van der Waals surface area contributed by atoms with Crippen molar-refractivity contribution in [2.45, 2.75) is 26.4 Å². The summed E-state index contributed by atoms with van der Waals surface area (Å²) in [5.41, 5.74) is 0.808. The molecule has 0 saturated carbocycles. The van der Waals surface area contributed by atoms with E-state index in [0.717, 1.165) is 22.9 Å². The second-order valence-electron chi connectivity index (χ2n) is 6.23. The van der Waals surface area contributed by atoms with Crippen molar-refractivity contribution in [3.8, 4) is 5.75 Å². The number of rotatable bonds is 8. The first-order chi connectivity index (χ1) is 13.2. The molecule has 2 aromatic carbocycles. The van der Waals surface area contributed by atoms with Gasteiger partial charge in [0.2, 0.25) is 5.91 Å². The van der Waals surface area contributed by atoms with Crippen molar-refractivity contribution in [2.24, 2.45) is 0 Å². The molecule has 152 valence electrons. The fraction of sp³-hybridized carbons (Fsp3) is 0.350. The van der Waals surface area contributed by atoms with E-state index in [-0.39, 0.29) is 10.8 Å². The molecular weight excluding hydrogens is 411 g/mol. The van der Waals surface area contributed by atoms with Gasteiger partial charge in [-0.25, -0.2) is 0 Å². The number of amides is 1. The lowest BCUT2D eigenvalue weighted by Crippen LogP contribution is -2.18. The first-order valence-electron chi connectivity index (χ1n) is 8.62. The second kappa shape index (κ2) is 10.1. The molecule has 2 rings (SSSR count). The molecule has 0 unspecified atom stereocenters. The summed E-state index contributed by atoms with van der Waals surface area (Å²) in [6.45, 7) is 4.46. The van der Waals surface area contributed by atoms with Gasteiger partial charge in [0, 0.05) is 0 Å².